The summed E-state index contributed by atoms with van der Waals surface area (Å²) in [5.41, 5.74) is 0.893. The Kier molecular flexibility index (Phi) is 3.19. The van der Waals surface area contributed by atoms with Gasteiger partial charge in [0.25, 0.3) is 0 Å². The molecule has 0 aliphatic heterocycles. The summed E-state index contributed by atoms with van der Waals surface area (Å²) in [4.78, 5) is 12.1. The molecule has 0 aliphatic rings. The van der Waals surface area contributed by atoms with E-state index in [0.29, 0.717) is 6.42 Å². The van der Waals surface area contributed by atoms with Crippen molar-refractivity contribution in [1.29, 1.82) is 0 Å². The molecule has 0 aliphatic carbocycles. The molecule has 84 valence electrons. The molecule has 4 heteroatoms. The molecule has 2 aromatic rings. The lowest BCUT2D eigenvalue weighted by Crippen LogP contribution is -2.10. The third-order valence-corrected chi connectivity index (χ3v) is 3.59. The van der Waals surface area contributed by atoms with Crippen LogP contribution >= 0.6 is 11.5 Å². The molecule has 1 aromatic heterocycles. The zero-order chi connectivity index (χ0) is 11.5. The minimum Gasteiger partial charge on any atom is -0.481 e. The fraction of sp³-hybridized carbons (Fsp3) is 0.333. The molecule has 1 unspecified atom stereocenters. The van der Waals surface area contributed by atoms with Crippen molar-refractivity contribution in [3.8, 4) is 0 Å². The van der Waals surface area contributed by atoms with Crippen LogP contribution in [-0.2, 0) is 4.79 Å². The molecule has 0 amide bonds. The first-order valence-corrected chi connectivity index (χ1v) is 6.08. The van der Waals surface area contributed by atoms with Crippen LogP contribution in [0.5, 0.6) is 0 Å². The largest absolute Gasteiger partial charge is 0.481 e. The zero-order valence-electron chi connectivity index (χ0n) is 9.01. The van der Waals surface area contributed by atoms with Crippen LogP contribution in [0.4, 0.5) is 0 Å². The summed E-state index contributed by atoms with van der Waals surface area (Å²) in [7, 11) is 0. The van der Waals surface area contributed by atoms with Gasteiger partial charge in [0.05, 0.1) is 11.4 Å². The van der Waals surface area contributed by atoms with Crippen LogP contribution in [0.1, 0.15) is 30.6 Å². The summed E-state index contributed by atoms with van der Waals surface area (Å²) in [5.74, 6) is -1.17. The summed E-state index contributed by atoms with van der Waals surface area (Å²) in [6.45, 7) is 2.00. The molecule has 1 atom stereocenters. The smallest absolute Gasteiger partial charge is 0.311 e. The molecule has 0 radical (unpaired) electrons. The Hall–Kier alpha value is -1.42. The molecular formula is C12H13NO2S. The molecule has 16 heavy (non-hydrogen) atoms. The third kappa shape index (κ3) is 1.93. The van der Waals surface area contributed by atoms with Crippen molar-refractivity contribution in [3.05, 3.63) is 29.1 Å². The number of benzene rings is 1. The van der Waals surface area contributed by atoms with Crippen molar-refractivity contribution in [1.82, 2.24) is 4.37 Å². The van der Waals surface area contributed by atoms with Gasteiger partial charge in [-0.1, -0.05) is 31.5 Å². The van der Waals surface area contributed by atoms with Crippen LogP contribution in [-0.4, -0.2) is 15.4 Å². The van der Waals surface area contributed by atoms with Crippen LogP contribution in [0.3, 0.4) is 0 Å². The van der Waals surface area contributed by atoms with Crippen molar-refractivity contribution < 1.29 is 9.90 Å². The number of carboxylic acid groups (broad SMARTS) is 1. The minimum absolute atomic E-state index is 0.414. The Morgan fingerprint density at radius 1 is 1.50 bits per heavy atom. The van der Waals surface area contributed by atoms with Crippen molar-refractivity contribution in [3.63, 3.8) is 0 Å². The maximum Gasteiger partial charge on any atom is 0.311 e. The molecule has 1 heterocycles. The minimum atomic E-state index is -0.753. The zero-order valence-corrected chi connectivity index (χ0v) is 9.83. The van der Waals surface area contributed by atoms with Gasteiger partial charge in [0.15, 0.2) is 0 Å². The van der Waals surface area contributed by atoms with E-state index in [1.165, 1.54) is 11.5 Å². The third-order valence-electron chi connectivity index (χ3n) is 2.60. The molecule has 0 saturated heterocycles. The second-order valence-electron chi connectivity index (χ2n) is 3.74. The average Bonchev–Trinajstić information content (AvgIpc) is 2.69. The quantitative estimate of drug-likeness (QED) is 0.884. The van der Waals surface area contributed by atoms with Crippen LogP contribution in [0.15, 0.2) is 24.3 Å². The number of nitrogens with zero attached hydrogens (tertiary/aromatic N) is 1. The summed E-state index contributed by atoms with van der Waals surface area (Å²) in [6.07, 6.45) is 1.53. The summed E-state index contributed by atoms with van der Waals surface area (Å²) in [6, 6.07) is 7.70. The lowest BCUT2D eigenvalue weighted by Gasteiger charge is -2.08. The topological polar surface area (TPSA) is 50.2 Å². The normalized spacial score (nSPS) is 12.8. The molecule has 1 aromatic carbocycles. The summed E-state index contributed by atoms with van der Waals surface area (Å²) >= 11 is 1.31. The first-order valence-electron chi connectivity index (χ1n) is 5.31. The van der Waals surface area contributed by atoms with E-state index in [1.54, 1.807) is 0 Å². The number of aromatic nitrogens is 1. The second kappa shape index (κ2) is 4.61. The SMILES string of the molecule is CCCC(C(=O)O)c1snc2ccccc12. The highest BCUT2D eigenvalue weighted by Gasteiger charge is 2.23. The van der Waals surface area contributed by atoms with Gasteiger partial charge in [-0.25, -0.2) is 0 Å². The molecule has 0 spiro atoms. The van der Waals surface area contributed by atoms with Gasteiger partial charge in [0, 0.05) is 10.3 Å². The van der Waals surface area contributed by atoms with Gasteiger partial charge in [0.2, 0.25) is 0 Å². The van der Waals surface area contributed by atoms with E-state index in [0.717, 1.165) is 22.2 Å². The molecule has 1 N–H and O–H groups in total. The number of aliphatic carboxylic acids is 1. The Morgan fingerprint density at radius 3 is 2.94 bits per heavy atom. The van der Waals surface area contributed by atoms with Crippen molar-refractivity contribution in [2.45, 2.75) is 25.7 Å². The summed E-state index contributed by atoms with van der Waals surface area (Å²) in [5, 5.41) is 10.2. The van der Waals surface area contributed by atoms with Crippen LogP contribution in [0.2, 0.25) is 0 Å². The van der Waals surface area contributed by atoms with E-state index in [1.807, 2.05) is 31.2 Å². The number of hydrogen-bond acceptors (Lipinski definition) is 3. The number of hydrogen-bond donors (Lipinski definition) is 1. The van der Waals surface area contributed by atoms with E-state index in [-0.39, 0.29) is 0 Å². The Labute approximate surface area is 97.9 Å². The van der Waals surface area contributed by atoms with Crippen LogP contribution < -0.4 is 0 Å². The van der Waals surface area contributed by atoms with Gasteiger partial charge < -0.3 is 5.11 Å². The van der Waals surface area contributed by atoms with Crippen LogP contribution in [0.25, 0.3) is 10.9 Å². The lowest BCUT2D eigenvalue weighted by atomic mass is 9.99. The highest BCUT2D eigenvalue weighted by Crippen LogP contribution is 2.32. The van der Waals surface area contributed by atoms with Gasteiger partial charge in [-0.2, -0.15) is 4.37 Å². The van der Waals surface area contributed by atoms with Gasteiger partial charge in [0.1, 0.15) is 0 Å². The van der Waals surface area contributed by atoms with E-state index >= 15 is 0 Å². The molecule has 3 nitrogen and oxygen atoms in total. The predicted molar refractivity (Wildman–Crippen MR) is 64.9 cm³/mol. The Balaban J connectivity index is 2.48. The monoisotopic (exact) mass is 235 g/mol. The molecule has 0 saturated carbocycles. The van der Waals surface area contributed by atoms with E-state index in [2.05, 4.69) is 4.37 Å². The average molecular weight is 235 g/mol. The van der Waals surface area contributed by atoms with Crippen molar-refractivity contribution in [2.24, 2.45) is 0 Å². The number of carboxylic acids is 1. The van der Waals surface area contributed by atoms with Crippen LogP contribution in [0, 0.1) is 0 Å². The van der Waals surface area contributed by atoms with E-state index < -0.39 is 11.9 Å². The van der Waals surface area contributed by atoms with Gasteiger partial charge in [-0.15, -0.1) is 0 Å². The first kappa shape index (κ1) is 11.1. The highest BCUT2D eigenvalue weighted by atomic mass is 32.1. The van der Waals surface area contributed by atoms with E-state index in [9.17, 15) is 9.90 Å². The standard InChI is InChI=1S/C12H13NO2S/c1-2-5-9(12(14)15)11-8-6-3-4-7-10(8)13-16-11/h3-4,6-7,9H,2,5H2,1H3,(H,14,15). The van der Waals surface area contributed by atoms with E-state index in [4.69, 9.17) is 0 Å². The fourth-order valence-corrected chi connectivity index (χ4v) is 2.79. The number of rotatable bonds is 4. The van der Waals surface area contributed by atoms with Gasteiger partial charge in [-0.05, 0) is 24.0 Å². The first-order chi connectivity index (χ1) is 7.74. The predicted octanol–water partition coefficient (Wildman–Crippen LogP) is 3.26. The molecular weight excluding hydrogens is 222 g/mol. The van der Waals surface area contributed by atoms with Gasteiger partial charge in [-0.3, -0.25) is 4.79 Å². The molecule has 0 bridgehead atoms. The van der Waals surface area contributed by atoms with Crippen molar-refractivity contribution in [2.75, 3.05) is 0 Å². The maximum atomic E-state index is 11.2. The Bertz CT molecular complexity index is 506. The second-order valence-corrected chi connectivity index (χ2v) is 4.55. The van der Waals surface area contributed by atoms with Gasteiger partial charge >= 0.3 is 5.97 Å². The molecule has 2 rings (SSSR count). The lowest BCUT2D eigenvalue weighted by molar-refractivity contribution is -0.138. The highest BCUT2D eigenvalue weighted by molar-refractivity contribution is 7.07. The number of carbonyl (C=O) groups is 1. The van der Waals surface area contributed by atoms with Crippen molar-refractivity contribution >= 4 is 28.4 Å². The fourth-order valence-electron chi connectivity index (χ4n) is 1.82. The number of fused-ring (bicyclic) bond motifs is 1. The maximum absolute atomic E-state index is 11.2. The molecule has 0 fully saturated rings. The summed E-state index contributed by atoms with van der Waals surface area (Å²) < 4.78 is 4.28. The Morgan fingerprint density at radius 2 is 2.25 bits per heavy atom.